The molecule has 1 aliphatic heterocycles. The lowest BCUT2D eigenvalue weighted by Crippen LogP contribution is -2.30. The first-order valence-corrected chi connectivity index (χ1v) is 4.02. The molecule has 10 heavy (non-hydrogen) atoms. The van der Waals surface area contributed by atoms with Gasteiger partial charge in [-0.3, -0.25) is 0 Å². The van der Waals surface area contributed by atoms with Crippen molar-refractivity contribution >= 4 is 0 Å². The number of rotatable bonds is 1. The average Bonchev–Trinajstić information content (AvgIpc) is 1.95. The Morgan fingerprint density at radius 1 is 1.40 bits per heavy atom. The van der Waals surface area contributed by atoms with Crippen molar-refractivity contribution in [3.8, 4) is 0 Å². The molecule has 1 fully saturated rings. The molecule has 1 nitrogen and oxygen atoms in total. The summed E-state index contributed by atoms with van der Waals surface area (Å²) in [4.78, 5) is 0. The zero-order chi connectivity index (χ0) is 7.56. The van der Waals surface area contributed by atoms with Gasteiger partial charge in [-0.25, -0.2) is 0 Å². The molecule has 2 unspecified atom stereocenters. The monoisotopic (exact) mass is 140 g/mol. The van der Waals surface area contributed by atoms with Gasteiger partial charge in [0.25, 0.3) is 0 Å². The van der Waals surface area contributed by atoms with E-state index in [1.165, 1.54) is 6.42 Å². The standard InChI is InChI=1S/C9H16O/c1-4-9-6-5-7(2)8(3)10-9/h4,7-9H,1,5-6H2,2-3H3/t7-,8?,9?/m0/s1. The predicted octanol–water partition coefficient (Wildman–Crippen LogP) is 2.38. The summed E-state index contributed by atoms with van der Waals surface area (Å²) >= 11 is 0. The molecule has 3 atom stereocenters. The summed E-state index contributed by atoms with van der Waals surface area (Å²) in [6.07, 6.45) is 5.05. The Hall–Kier alpha value is -0.300. The molecule has 1 heterocycles. The minimum atomic E-state index is 0.311. The molecular weight excluding hydrogens is 124 g/mol. The molecule has 1 saturated heterocycles. The van der Waals surface area contributed by atoms with Crippen molar-refractivity contribution in [2.24, 2.45) is 5.92 Å². The van der Waals surface area contributed by atoms with Crippen LogP contribution in [0.2, 0.25) is 0 Å². The molecule has 0 saturated carbocycles. The fourth-order valence-electron chi connectivity index (χ4n) is 1.31. The first-order valence-electron chi connectivity index (χ1n) is 4.02. The Bertz CT molecular complexity index is 120. The fourth-order valence-corrected chi connectivity index (χ4v) is 1.31. The maximum absolute atomic E-state index is 5.63. The highest BCUT2D eigenvalue weighted by Crippen LogP contribution is 2.24. The lowest BCUT2D eigenvalue weighted by atomic mass is 9.94. The molecule has 0 aromatic carbocycles. The van der Waals surface area contributed by atoms with Crippen molar-refractivity contribution in [1.82, 2.24) is 0 Å². The summed E-state index contributed by atoms with van der Waals surface area (Å²) in [5, 5.41) is 0. The molecule has 0 radical (unpaired) electrons. The third-order valence-electron chi connectivity index (χ3n) is 2.36. The number of hydrogen-bond acceptors (Lipinski definition) is 1. The van der Waals surface area contributed by atoms with Crippen molar-refractivity contribution in [1.29, 1.82) is 0 Å². The summed E-state index contributed by atoms with van der Waals surface area (Å²) in [7, 11) is 0. The quantitative estimate of drug-likeness (QED) is 0.508. The van der Waals surface area contributed by atoms with Gasteiger partial charge < -0.3 is 4.74 Å². The van der Waals surface area contributed by atoms with E-state index >= 15 is 0 Å². The Morgan fingerprint density at radius 2 is 2.10 bits per heavy atom. The van der Waals surface area contributed by atoms with Crippen molar-refractivity contribution in [3.05, 3.63) is 12.7 Å². The van der Waals surface area contributed by atoms with Crippen LogP contribution in [0.3, 0.4) is 0 Å². The average molecular weight is 140 g/mol. The Kier molecular flexibility index (Phi) is 2.50. The smallest absolute Gasteiger partial charge is 0.0757 e. The molecule has 0 spiro atoms. The van der Waals surface area contributed by atoms with Crippen LogP contribution in [-0.2, 0) is 4.74 Å². The minimum absolute atomic E-state index is 0.311. The molecule has 1 aliphatic rings. The van der Waals surface area contributed by atoms with Crippen LogP contribution in [0.25, 0.3) is 0 Å². The van der Waals surface area contributed by atoms with Crippen LogP contribution in [0, 0.1) is 5.92 Å². The Labute approximate surface area is 63.1 Å². The normalized spacial score (nSPS) is 41.2. The van der Waals surface area contributed by atoms with Gasteiger partial charge in [-0.2, -0.15) is 0 Å². The Morgan fingerprint density at radius 3 is 2.60 bits per heavy atom. The summed E-state index contributed by atoms with van der Waals surface area (Å²) in [5.74, 6) is 0.719. The topological polar surface area (TPSA) is 9.23 Å². The highest BCUT2D eigenvalue weighted by atomic mass is 16.5. The highest BCUT2D eigenvalue weighted by molar-refractivity contribution is 4.85. The SMILES string of the molecule is C=CC1CC[C@H](C)C(C)O1. The second-order valence-corrected chi connectivity index (χ2v) is 3.17. The Balaban J connectivity index is 2.40. The van der Waals surface area contributed by atoms with E-state index in [-0.39, 0.29) is 0 Å². The van der Waals surface area contributed by atoms with Gasteiger partial charge in [-0.15, -0.1) is 6.58 Å². The lowest BCUT2D eigenvalue weighted by Gasteiger charge is -2.30. The number of hydrogen-bond donors (Lipinski definition) is 0. The fraction of sp³-hybridized carbons (Fsp3) is 0.778. The maximum atomic E-state index is 5.63. The van der Waals surface area contributed by atoms with E-state index in [0.717, 1.165) is 12.3 Å². The predicted molar refractivity (Wildman–Crippen MR) is 42.9 cm³/mol. The molecule has 0 bridgehead atoms. The van der Waals surface area contributed by atoms with Crippen LogP contribution in [0.1, 0.15) is 26.7 Å². The summed E-state index contributed by atoms with van der Waals surface area (Å²) in [5.41, 5.74) is 0. The molecule has 0 amide bonds. The van der Waals surface area contributed by atoms with Crippen molar-refractivity contribution in [3.63, 3.8) is 0 Å². The van der Waals surface area contributed by atoms with Gasteiger partial charge in [0.2, 0.25) is 0 Å². The minimum Gasteiger partial charge on any atom is -0.371 e. The molecular formula is C9H16O. The van der Waals surface area contributed by atoms with Crippen LogP contribution in [-0.4, -0.2) is 12.2 Å². The highest BCUT2D eigenvalue weighted by Gasteiger charge is 2.22. The van der Waals surface area contributed by atoms with Crippen LogP contribution in [0.15, 0.2) is 12.7 Å². The maximum Gasteiger partial charge on any atom is 0.0757 e. The van der Waals surface area contributed by atoms with Crippen LogP contribution in [0.4, 0.5) is 0 Å². The van der Waals surface area contributed by atoms with Gasteiger partial charge in [0.1, 0.15) is 0 Å². The van der Waals surface area contributed by atoms with E-state index in [9.17, 15) is 0 Å². The van der Waals surface area contributed by atoms with Gasteiger partial charge in [0.05, 0.1) is 12.2 Å². The number of ether oxygens (including phenoxy) is 1. The van der Waals surface area contributed by atoms with Crippen LogP contribution in [0.5, 0.6) is 0 Å². The van der Waals surface area contributed by atoms with E-state index in [1.54, 1.807) is 0 Å². The van der Waals surface area contributed by atoms with E-state index in [1.807, 2.05) is 6.08 Å². The molecule has 58 valence electrons. The van der Waals surface area contributed by atoms with E-state index in [0.29, 0.717) is 12.2 Å². The first-order chi connectivity index (χ1) is 4.74. The van der Waals surface area contributed by atoms with Crippen LogP contribution >= 0.6 is 0 Å². The zero-order valence-electron chi connectivity index (χ0n) is 6.84. The van der Waals surface area contributed by atoms with Gasteiger partial charge in [-0.1, -0.05) is 13.0 Å². The second kappa shape index (κ2) is 3.20. The molecule has 1 heteroatoms. The third kappa shape index (κ3) is 1.60. The van der Waals surface area contributed by atoms with Gasteiger partial charge >= 0.3 is 0 Å². The summed E-state index contributed by atoms with van der Waals surface area (Å²) < 4.78 is 5.63. The van der Waals surface area contributed by atoms with E-state index in [2.05, 4.69) is 20.4 Å². The molecule has 0 N–H and O–H groups in total. The lowest BCUT2D eigenvalue weighted by molar-refractivity contribution is -0.0457. The van der Waals surface area contributed by atoms with Crippen molar-refractivity contribution in [2.45, 2.75) is 38.9 Å². The van der Waals surface area contributed by atoms with E-state index in [4.69, 9.17) is 4.74 Å². The summed E-state index contributed by atoms with van der Waals surface area (Å²) in [6.45, 7) is 8.10. The van der Waals surface area contributed by atoms with Gasteiger partial charge in [0, 0.05) is 0 Å². The second-order valence-electron chi connectivity index (χ2n) is 3.17. The van der Waals surface area contributed by atoms with Gasteiger partial charge in [-0.05, 0) is 25.7 Å². The van der Waals surface area contributed by atoms with Crippen molar-refractivity contribution in [2.75, 3.05) is 0 Å². The molecule has 1 rings (SSSR count). The first kappa shape index (κ1) is 7.80. The van der Waals surface area contributed by atoms with Crippen LogP contribution < -0.4 is 0 Å². The largest absolute Gasteiger partial charge is 0.371 e. The van der Waals surface area contributed by atoms with Gasteiger partial charge in [0.15, 0.2) is 0 Å². The molecule has 0 aliphatic carbocycles. The van der Waals surface area contributed by atoms with E-state index < -0.39 is 0 Å². The molecule has 0 aromatic heterocycles. The molecule has 0 aromatic rings. The van der Waals surface area contributed by atoms with Crippen molar-refractivity contribution < 1.29 is 4.74 Å². The zero-order valence-corrected chi connectivity index (χ0v) is 6.84. The summed E-state index contributed by atoms with van der Waals surface area (Å²) in [6, 6.07) is 0. The third-order valence-corrected chi connectivity index (χ3v) is 2.36.